The molecule has 172 valence electrons. The second kappa shape index (κ2) is 9.15. The third-order valence-corrected chi connectivity index (χ3v) is 5.80. The molecule has 0 saturated heterocycles. The van der Waals surface area contributed by atoms with E-state index in [2.05, 4.69) is 10.6 Å². The van der Waals surface area contributed by atoms with Crippen LogP contribution < -0.4 is 25.8 Å². The Labute approximate surface area is 192 Å². The van der Waals surface area contributed by atoms with Crippen LogP contribution in [-0.2, 0) is 20.0 Å². The van der Waals surface area contributed by atoms with E-state index in [1.54, 1.807) is 49.5 Å². The van der Waals surface area contributed by atoms with Crippen molar-refractivity contribution < 1.29 is 19.1 Å². The molecule has 0 bridgehead atoms. The van der Waals surface area contributed by atoms with Gasteiger partial charge < -0.3 is 35.3 Å². The van der Waals surface area contributed by atoms with Gasteiger partial charge in [-0.25, -0.2) is 4.79 Å². The number of hydrogen-bond donors (Lipinski definition) is 3. The number of para-hydroxylation sites is 2. The Kier molecular flexibility index (Phi) is 6.12. The number of nitrogens with zero attached hydrogens (tertiary/aromatic N) is 2. The lowest BCUT2D eigenvalue weighted by Gasteiger charge is -2.28. The van der Waals surface area contributed by atoms with Gasteiger partial charge in [-0.2, -0.15) is 0 Å². The van der Waals surface area contributed by atoms with E-state index in [9.17, 15) is 9.59 Å². The largest absolute Gasteiger partial charge is 0.493 e. The van der Waals surface area contributed by atoms with Crippen molar-refractivity contribution in [3.05, 3.63) is 65.5 Å². The Morgan fingerprint density at radius 3 is 2.48 bits per heavy atom. The Morgan fingerprint density at radius 2 is 1.76 bits per heavy atom. The fraction of sp³-hybridized carbons (Fsp3) is 0.250. The molecular weight excluding hydrogens is 422 g/mol. The fourth-order valence-corrected chi connectivity index (χ4v) is 3.95. The number of amides is 3. The molecule has 4 N–H and O–H groups in total. The van der Waals surface area contributed by atoms with E-state index in [0.29, 0.717) is 53.8 Å². The van der Waals surface area contributed by atoms with Crippen LogP contribution in [0.15, 0.2) is 48.5 Å². The number of nitrogens with one attached hydrogen (secondary N) is 2. The number of nitrogens with two attached hydrogens (primary N) is 1. The van der Waals surface area contributed by atoms with E-state index in [1.165, 1.54) is 0 Å². The number of anilines is 3. The smallest absolute Gasteiger partial charge is 0.322 e. The first-order valence-corrected chi connectivity index (χ1v) is 10.5. The maximum atomic E-state index is 12.9. The number of aromatic nitrogens is 1. The number of fused-ring (bicyclic) bond motifs is 1. The zero-order valence-electron chi connectivity index (χ0n) is 18.8. The molecule has 0 aliphatic carbocycles. The van der Waals surface area contributed by atoms with Gasteiger partial charge in [0.2, 0.25) is 0 Å². The molecule has 0 fully saturated rings. The molecule has 0 atom stereocenters. The molecule has 2 heterocycles. The Hall–Kier alpha value is -4.14. The standard InChI is InChI=1S/C24H27N5O4/c1-28-19(23(30)27-18-7-5-4-6-17(18)25)12-15-10-11-29(14-20(15)28)24(31)26-16-8-9-21(32-2)22(13-16)33-3/h4-9,12-13H,10-11,14,25H2,1-3H3,(H,26,31)(H,27,30). The minimum absolute atomic E-state index is 0.225. The number of nitrogen functional groups attached to an aromatic ring is 1. The summed E-state index contributed by atoms with van der Waals surface area (Å²) in [6.45, 7) is 0.939. The number of ether oxygens (including phenoxy) is 2. The van der Waals surface area contributed by atoms with Crippen LogP contribution in [0, 0.1) is 0 Å². The Morgan fingerprint density at radius 1 is 1.00 bits per heavy atom. The van der Waals surface area contributed by atoms with Gasteiger partial charge in [-0.15, -0.1) is 0 Å². The number of carbonyl (C=O) groups is 2. The van der Waals surface area contributed by atoms with Crippen molar-refractivity contribution in [3.8, 4) is 11.5 Å². The van der Waals surface area contributed by atoms with Crippen molar-refractivity contribution in [3.63, 3.8) is 0 Å². The van der Waals surface area contributed by atoms with Gasteiger partial charge in [0.05, 0.1) is 32.1 Å². The second-order valence-corrected chi connectivity index (χ2v) is 7.77. The van der Waals surface area contributed by atoms with E-state index in [1.807, 2.05) is 29.8 Å². The van der Waals surface area contributed by atoms with Crippen molar-refractivity contribution >= 4 is 29.0 Å². The molecule has 4 rings (SSSR count). The van der Waals surface area contributed by atoms with Gasteiger partial charge in [-0.3, -0.25) is 4.79 Å². The molecular formula is C24H27N5O4. The predicted molar refractivity (Wildman–Crippen MR) is 127 cm³/mol. The van der Waals surface area contributed by atoms with Crippen LogP contribution in [0.25, 0.3) is 0 Å². The molecule has 0 radical (unpaired) electrons. The lowest BCUT2D eigenvalue weighted by Crippen LogP contribution is -2.39. The van der Waals surface area contributed by atoms with Crippen molar-refractivity contribution in [1.82, 2.24) is 9.47 Å². The van der Waals surface area contributed by atoms with Gasteiger partial charge in [-0.1, -0.05) is 12.1 Å². The Balaban J connectivity index is 1.47. The highest BCUT2D eigenvalue weighted by molar-refractivity contribution is 6.05. The first-order valence-electron chi connectivity index (χ1n) is 10.5. The molecule has 9 nitrogen and oxygen atoms in total. The summed E-state index contributed by atoms with van der Waals surface area (Å²) in [6, 6.07) is 14.0. The van der Waals surface area contributed by atoms with Crippen LogP contribution in [-0.4, -0.2) is 42.2 Å². The van der Waals surface area contributed by atoms with Crippen LogP contribution in [0.1, 0.15) is 21.7 Å². The summed E-state index contributed by atoms with van der Waals surface area (Å²) in [6.07, 6.45) is 0.656. The van der Waals surface area contributed by atoms with Gasteiger partial charge in [0, 0.05) is 31.0 Å². The summed E-state index contributed by atoms with van der Waals surface area (Å²) < 4.78 is 12.4. The van der Waals surface area contributed by atoms with Crippen LogP contribution in [0.5, 0.6) is 11.5 Å². The predicted octanol–water partition coefficient (Wildman–Crippen LogP) is 3.47. The number of hydrogen-bond acceptors (Lipinski definition) is 5. The van der Waals surface area contributed by atoms with Crippen molar-refractivity contribution in [2.75, 3.05) is 37.1 Å². The summed E-state index contributed by atoms with van der Waals surface area (Å²) in [5, 5.41) is 5.77. The monoisotopic (exact) mass is 449 g/mol. The van der Waals surface area contributed by atoms with Crippen LogP contribution in [0.2, 0.25) is 0 Å². The number of benzene rings is 2. The van der Waals surface area contributed by atoms with Crippen LogP contribution in [0.4, 0.5) is 21.9 Å². The van der Waals surface area contributed by atoms with E-state index in [4.69, 9.17) is 15.2 Å². The quantitative estimate of drug-likeness (QED) is 0.517. The van der Waals surface area contributed by atoms with Crippen molar-refractivity contribution in [2.45, 2.75) is 13.0 Å². The average molecular weight is 450 g/mol. The molecule has 33 heavy (non-hydrogen) atoms. The van der Waals surface area contributed by atoms with Gasteiger partial charge in [0.15, 0.2) is 11.5 Å². The van der Waals surface area contributed by atoms with Gasteiger partial charge in [0.25, 0.3) is 5.91 Å². The summed E-state index contributed by atoms with van der Waals surface area (Å²) in [7, 11) is 4.94. The molecule has 1 aliphatic heterocycles. The minimum Gasteiger partial charge on any atom is -0.493 e. The number of methoxy groups -OCH3 is 2. The Bertz CT molecular complexity index is 1200. The molecule has 3 amide bonds. The molecule has 0 saturated carbocycles. The summed E-state index contributed by atoms with van der Waals surface area (Å²) in [4.78, 5) is 27.5. The van der Waals surface area contributed by atoms with E-state index >= 15 is 0 Å². The van der Waals surface area contributed by atoms with Gasteiger partial charge >= 0.3 is 6.03 Å². The molecule has 0 spiro atoms. The van der Waals surface area contributed by atoms with E-state index in [0.717, 1.165) is 11.3 Å². The third-order valence-electron chi connectivity index (χ3n) is 5.80. The minimum atomic E-state index is -0.244. The molecule has 2 aromatic carbocycles. The van der Waals surface area contributed by atoms with Crippen LogP contribution >= 0.6 is 0 Å². The van der Waals surface area contributed by atoms with Crippen LogP contribution in [0.3, 0.4) is 0 Å². The van der Waals surface area contributed by atoms with Gasteiger partial charge in [0.1, 0.15) is 5.69 Å². The number of rotatable bonds is 5. The first-order chi connectivity index (χ1) is 15.9. The lowest BCUT2D eigenvalue weighted by molar-refractivity contribution is 0.101. The molecule has 3 aromatic rings. The highest BCUT2D eigenvalue weighted by Crippen LogP contribution is 2.30. The normalized spacial score (nSPS) is 12.6. The topological polar surface area (TPSA) is 111 Å². The molecule has 0 unspecified atom stereocenters. The summed E-state index contributed by atoms with van der Waals surface area (Å²) in [5.41, 5.74) is 10.1. The number of carbonyl (C=O) groups excluding carboxylic acids is 2. The lowest BCUT2D eigenvalue weighted by atomic mass is 10.1. The summed E-state index contributed by atoms with van der Waals surface area (Å²) in [5.74, 6) is 0.879. The third kappa shape index (κ3) is 4.43. The highest BCUT2D eigenvalue weighted by Gasteiger charge is 2.26. The zero-order valence-corrected chi connectivity index (χ0v) is 18.8. The highest BCUT2D eigenvalue weighted by atomic mass is 16.5. The molecule has 1 aromatic heterocycles. The SMILES string of the molecule is COc1ccc(NC(=O)N2CCc3cc(C(=O)Nc4ccccc4N)n(C)c3C2)cc1OC. The van der Waals surface area contributed by atoms with Crippen molar-refractivity contribution in [1.29, 1.82) is 0 Å². The van der Waals surface area contributed by atoms with Gasteiger partial charge in [-0.05, 0) is 42.3 Å². The average Bonchev–Trinajstić information content (AvgIpc) is 3.16. The zero-order chi connectivity index (χ0) is 23.5. The molecule has 1 aliphatic rings. The maximum absolute atomic E-state index is 12.9. The number of urea groups is 1. The first kappa shape index (κ1) is 22.1. The van der Waals surface area contributed by atoms with E-state index < -0.39 is 0 Å². The maximum Gasteiger partial charge on any atom is 0.322 e. The van der Waals surface area contributed by atoms with Crippen molar-refractivity contribution in [2.24, 2.45) is 7.05 Å². The second-order valence-electron chi connectivity index (χ2n) is 7.77. The molecule has 9 heteroatoms. The van der Waals surface area contributed by atoms with E-state index in [-0.39, 0.29) is 11.9 Å². The fourth-order valence-electron chi connectivity index (χ4n) is 3.95. The summed E-state index contributed by atoms with van der Waals surface area (Å²) >= 11 is 0.